The van der Waals surface area contributed by atoms with Crippen molar-refractivity contribution >= 4 is 5.71 Å². The van der Waals surface area contributed by atoms with Crippen LogP contribution in [0.2, 0.25) is 0 Å². The smallest absolute Gasteiger partial charge is 0.374 e. The number of hydrogen-bond donors (Lipinski definition) is 1. The van der Waals surface area contributed by atoms with Gasteiger partial charge in [0.2, 0.25) is 0 Å². The second-order valence-electron chi connectivity index (χ2n) is 6.47. The van der Waals surface area contributed by atoms with Crippen LogP contribution >= 0.6 is 0 Å². The molecule has 25 heavy (non-hydrogen) atoms. The van der Waals surface area contributed by atoms with Gasteiger partial charge in [-0.05, 0) is 11.1 Å². The Labute approximate surface area is 143 Å². The number of nitrogens with one attached hydrogen (secondary N) is 1. The van der Waals surface area contributed by atoms with Crippen LogP contribution < -0.4 is 5.32 Å². The van der Waals surface area contributed by atoms with Crippen molar-refractivity contribution in [1.29, 1.82) is 0 Å². The summed E-state index contributed by atoms with van der Waals surface area (Å²) in [5, 5.41) is 7.00. The Morgan fingerprint density at radius 2 is 1.68 bits per heavy atom. The molecule has 0 radical (unpaired) electrons. The van der Waals surface area contributed by atoms with E-state index in [0.29, 0.717) is 17.2 Å². The van der Waals surface area contributed by atoms with Crippen molar-refractivity contribution in [3.05, 3.63) is 71.3 Å². The van der Waals surface area contributed by atoms with Crippen molar-refractivity contribution in [2.45, 2.75) is 24.1 Å². The van der Waals surface area contributed by atoms with Crippen molar-refractivity contribution in [3.63, 3.8) is 0 Å². The van der Waals surface area contributed by atoms with Gasteiger partial charge >= 0.3 is 6.18 Å². The maximum absolute atomic E-state index is 13.8. The zero-order chi connectivity index (χ0) is 17.5. The molecule has 6 heteroatoms. The zero-order valence-electron chi connectivity index (χ0n) is 13.4. The predicted molar refractivity (Wildman–Crippen MR) is 88.5 cm³/mol. The van der Waals surface area contributed by atoms with E-state index in [4.69, 9.17) is 4.84 Å². The molecule has 4 rings (SSSR count). The van der Waals surface area contributed by atoms with Crippen molar-refractivity contribution in [1.82, 2.24) is 5.32 Å². The summed E-state index contributed by atoms with van der Waals surface area (Å²) in [6, 6.07) is 15.3. The summed E-state index contributed by atoms with van der Waals surface area (Å²) in [5.41, 5.74) is -0.178. The first-order chi connectivity index (χ1) is 12.0. The third-order valence-electron chi connectivity index (χ3n) is 4.92. The zero-order valence-corrected chi connectivity index (χ0v) is 13.4. The van der Waals surface area contributed by atoms with Gasteiger partial charge in [0.25, 0.3) is 5.60 Å². The van der Waals surface area contributed by atoms with Gasteiger partial charge in [-0.1, -0.05) is 59.8 Å². The predicted octanol–water partition coefficient (Wildman–Crippen LogP) is 3.96. The number of halogens is 3. The number of nitrogens with zero attached hydrogens (tertiary/aromatic N) is 1. The SMILES string of the molecule is FC(F)(F)C1(c2ccccc2)CC(c2ccc(C3CNC3)cc2)=NO1. The molecule has 2 aliphatic rings. The molecule has 1 saturated heterocycles. The van der Waals surface area contributed by atoms with Crippen molar-refractivity contribution in [2.75, 3.05) is 13.1 Å². The molecule has 1 fully saturated rings. The standard InChI is InChI=1S/C19H17F3N2O/c20-19(21,22)18(16-4-2-1-3-5-16)10-17(24-25-18)14-8-6-13(7-9-14)15-11-23-12-15/h1-9,15,23H,10-12H2. The highest BCUT2D eigenvalue weighted by Gasteiger charge is 2.62. The van der Waals surface area contributed by atoms with Crippen molar-refractivity contribution in [2.24, 2.45) is 5.16 Å². The van der Waals surface area contributed by atoms with Crippen LogP contribution in [0, 0.1) is 0 Å². The van der Waals surface area contributed by atoms with E-state index in [-0.39, 0.29) is 12.0 Å². The Morgan fingerprint density at radius 1 is 1.00 bits per heavy atom. The molecule has 2 aliphatic heterocycles. The van der Waals surface area contributed by atoms with Gasteiger partial charge in [-0.25, -0.2) is 0 Å². The second kappa shape index (κ2) is 5.88. The number of alkyl halides is 3. The highest BCUT2D eigenvalue weighted by molar-refractivity contribution is 6.01. The highest BCUT2D eigenvalue weighted by Crippen LogP contribution is 2.48. The third-order valence-corrected chi connectivity index (χ3v) is 4.92. The molecular formula is C19H17F3N2O. The summed E-state index contributed by atoms with van der Waals surface area (Å²) in [6.07, 6.45) is -4.89. The first-order valence-electron chi connectivity index (χ1n) is 8.18. The van der Waals surface area contributed by atoms with E-state index in [0.717, 1.165) is 13.1 Å². The molecule has 2 aromatic rings. The quantitative estimate of drug-likeness (QED) is 0.913. The number of rotatable bonds is 3. The molecule has 0 saturated carbocycles. The van der Waals surface area contributed by atoms with Gasteiger partial charge in [0.15, 0.2) is 0 Å². The molecule has 0 spiro atoms. The van der Waals surface area contributed by atoms with E-state index in [9.17, 15) is 13.2 Å². The minimum Gasteiger partial charge on any atom is -0.374 e. The maximum Gasteiger partial charge on any atom is 0.435 e. The van der Waals surface area contributed by atoms with Crippen LogP contribution in [-0.2, 0) is 10.4 Å². The average molecular weight is 346 g/mol. The molecule has 1 atom stereocenters. The monoisotopic (exact) mass is 346 g/mol. The van der Waals surface area contributed by atoms with E-state index in [1.54, 1.807) is 18.2 Å². The summed E-state index contributed by atoms with van der Waals surface area (Å²) in [5.74, 6) is 0.481. The first-order valence-corrected chi connectivity index (χ1v) is 8.18. The molecule has 0 aromatic heterocycles. The van der Waals surface area contributed by atoms with Gasteiger partial charge in [-0.2, -0.15) is 13.2 Å². The summed E-state index contributed by atoms with van der Waals surface area (Å²) in [7, 11) is 0. The maximum atomic E-state index is 13.8. The first kappa shape index (κ1) is 16.1. The van der Waals surface area contributed by atoms with Gasteiger partial charge in [-0.15, -0.1) is 0 Å². The lowest BCUT2D eigenvalue weighted by Crippen LogP contribution is -2.42. The number of benzene rings is 2. The fourth-order valence-electron chi connectivity index (χ4n) is 3.24. The summed E-state index contributed by atoms with van der Waals surface area (Å²) in [4.78, 5) is 5.02. The molecule has 0 aliphatic carbocycles. The largest absolute Gasteiger partial charge is 0.435 e. The fourth-order valence-corrected chi connectivity index (χ4v) is 3.24. The van der Waals surface area contributed by atoms with E-state index >= 15 is 0 Å². The van der Waals surface area contributed by atoms with E-state index in [1.165, 1.54) is 17.7 Å². The Morgan fingerprint density at radius 3 is 2.24 bits per heavy atom. The molecule has 0 amide bonds. The van der Waals surface area contributed by atoms with Gasteiger partial charge in [0.05, 0.1) is 5.71 Å². The summed E-state index contributed by atoms with van der Waals surface area (Å²) < 4.78 is 41.4. The van der Waals surface area contributed by atoms with Crippen LogP contribution in [0.25, 0.3) is 0 Å². The molecule has 2 aromatic carbocycles. The topological polar surface area (TPSA) is 33.6 Å². The van der Waals surface area contributed by atoms with Gasteiger partial charge in [0, 0.05) is 31.0 Å². The molecular weight excluding hydrogens is 329 g/mol. The molecule has 2 heterocycles. The summed E-state index contributed by atoms with van der Waals surface area (Å²) in [6.45, 7) is 1.88. The van der Waals surface area contributed by atoms with Crippen LogP contribution in [0.3, 0.4) is 0 Å². The van der Waals surface area contributed by atoms with Crippen molar-refractivity contribution in [3.8, 4) is 0 Å². The Kier molecular flexibility index (Phi) is 3.80. The van der Waals surface area contributed by atoms with Gasteiger partial charge in [0.1, 0.15) is 0 Å². The Hall–Kier alpha value is -2.34. The fraction of sp³-hybridized carbons (Fsp3) is 0.316. The molecule has 1 N–H and O–H groups in total. The van der Waals surface area contributed by atoms with Crippen LogP contribution in [0.5, 0.6) is 0 Å². The van der Waals surface area contributed by atoms with Gasteiger partial charge < -0.3 is 10.2 Å². The minimum atomic E-state index is -4.56. The number of hydrogen-bond acceptors (Lipinski definition) is 3. The highest BCUT2D eigenvalue weighted by atomic mass is 19.4. The van der Waals surface area contributed by atoms with Gasteiger partial charge in [-0.3, -0.25) is 0 Å². The van der Waals surface area contributed by atoms with Crippen LogP contribution in [0.15, 0.2) is 59.8 Å². The molecule has 3 nitrogen and oxygen atoms in total. The number of oxime groups is 1. The van der Waals surface area contributed by atoms with Crippen LogP contribution in [-0.4, -0.2) is 25.0 Å². The minimum absolute atomic E-state index is 0.0680. The van der Waals surface area contributed by atoms with E-state index in [2.05, 4.69) is 10.5 Å². The second-order valence-corrected chi connectivity index (χ2v) is 6.47. The van der Waals surface area contributed by atoms with Crippen molar-refractivity contribution < 1.29 is 18.0 Å². The molecule has 0 bridgehead atoms. The van der Waals surface area contributed by atoms with E-state index < -0.39 is 11.8 Å². The van der Waals surface area contributed by atoms with Crippen LogP contribution in [0.4, 0.5) is 13.2 Å². The third kappa shape index (κ3) is 2.70. The molecule has 1 unspecified atom stereocenters. The normalized spacial score (nSPS) is 23.7. The lowest BCUT2D eigenvalue weighted by Gasteiger charge is -2.29. The lowest BCUT2D eigenvalue weighted by atomic mass is 9.86. The Bertz CT molecular complexity index is 783. The molecule has 130 valence electrons. The average Bonchev–Trinajstić information content (AvgIpc) is 3.01. The Balaban J connectivity index is 1.61. The van der Waals surface area contributed by atoms with E-state index in [1.807, 2.05) is 24.3 Å². The lowest BCUT2D eigenvalue weighted by molar-refractivity contribution is -0.275. The summed E-state index contributed by atoms with van der Waals surface area (Å²) >= 11 is 0. The van der Waals surface area contributed by atoms with Crippen LogP contribution in [0.1, 0.15) is 29.0 Å².